The standard InChI is InChI=1S/C15H19NO5/c1-3-16(12-7-5-4-6-8-12)13(17)19-9-15(2)10-20-14(18)21-11-15/h4-8H,3,9-11H2,1-2H3. The van der Waals surface area contributed by atoms with E-state index in [9.17, 15) is 9.59 Å². The summed E-state index contributed by atoms with van der Waals surface area (Å²) in [6.45, 7) is 4.70. The van der Waals surface area contributed by atoms with Crippen LogP contribution in [-0.2, 0) is 14.2 Å². The molecule has 6 heteroatoms. The van der Waals surface area contributed by atoms with Crippen molar-refractivity contribution in [3.05, 3.63) is 30.3 Å². The van der Waals surface area contributed by atoms with Crippen LogP contribution in [0.15, 0.2) is 30.3 Å². The molecule has 1 aromatic carbocycles. The van der Waals surface area contributed by atoms with Crippen LogP contribution < -0.4 is 4.90 Å². The Morgan fingerprint density at radius 3 is 2.48 bits per heavy atom. The number of anilines is 1. The molecule has 1 heterocycles. The molecule has 2 rings (SSSR count). The maximum absolute atomic E-state index is 12.2. The van der Waals surface area contributed by atoms with Gasteiger partial charge in [0.1, 0.15) is 19.8 Å². The smallest absolute Gasteiger partial charge is 0.448 e. The molecular formula is C15H19NO5. The molecule has 1 fully saturated rings. The first-order valence-corrected chi connectivity index (χ1v) is 6.83. The number of para-hydroxylation sites is 1. The Morgan fingerprint density at radius 2 is 1.90 bits per heavy atom. The van der Waals surface area contributed by atoms with Crippen LogP contribution in [-0.4, -0.2) is 38.6 Å². The quantitative estimate of drug-likeness (QED) is 0.799. The average Bonchev–Trinajstić information content (AvgIpc) is 2.51. The second-order valence-electron chi connectivity index (χ2n) is 5.27. The number of cyclic esters (lactones) is 2. The molecule has 0 spiro atoms. The number of carbonyl (C=O) groups excluding carboxylic acids is 2. The molecule has 1 amide bonds. The third-order valence-corrected chi connectivity index (χ3v) is 3.23. The summed E-state index contributed by atoms with van der Waals surface area (Å²) in [6.07, 6.45) is -1.11. The molecule has 0 unspecified atom stereocenters. The minimum atomic E-state index is -0.682. The van der Waals surface area contributed by atoms with Gasteiger partial charge in [-0.15, -0.1) is 0 Å². The van der Waals surface area contributed by atoms with E-state index in [0.29, 0.717) is 6.54 Å². The first kappa shape index (κ1) is 15.2. The van der Waals surface area contributed by atoms with Crippen molar-refractivity contribution in [1.29, 1.82) is 0 Å². The van der Waals surface area contributed by atoms with Crippen molar-refractivity contribution in [2.45, 2.75) is 13.8 Å². The number of nitrogens with zero attached hydrogens (tertiary/aromatic N) is 1. The largest absolute Gasteiger partial charge is 0.508 e. The second kappa shape index (κ2) is 6.47. The van der Waals surface area contributed by atoms with E-state index >= 15 is 0 Å². The summed E-state index contributed by atoms with van der Waals surface area (Å²) in [5.41, 5.74) is 0.265. The lowest BCUT2D eigenvalue weighted by Crippen LogP contribution is -2.42. The summed E-state index contributed by atoms with van der Waals surface area (Å²) in [7, 11) is 0. The lowest BCUT2D eigenvalue weighted by atomic mass is 9.94. The molecule has 0 bridgehead atoms. The van der Waals surface area contributed by atoms with Crippen molar-refractivity contribution in [2.75, 3.05) is 31.3 Å². The predicted octanol–water partition coefficient (Wildman–Crippen LogP) is 2.82. The monoisotopic (exact) mass is 293 g/mol. The van der Waals surface area contributed by atoms with Crippen LogP contribution >= 0.6 is 0 Å². The van der Waals surface area contributed by atoms with E-state index in [4.69, 9.17) is 14.2 Å². The molecule has 1 aliphatic rings. The highest BCUT2D eigenvalue weighted by Gasteiger charge is 2.35. The molecule has 0 aromatic heterocycles. The van der Waals surface area contributed by atoms with Gasteiger partial charge < -0.3 is 14.2 Å². The average molecular weight is 293 g/mol. The Morgan fingerprint density at radius 1 is 1.29 bits per heavy atom. The minimum Gasteiger partial charge on any atom is -0.448 e. The lowest BCUT2D eigenvalue weighted by Gasteiger charge is -2.32. The molecule has 6 nitrogen and oxygen atoms in total. The number of rotatable bonds is 4. The molecule has 1 saturated heterocycles. The van der Waals surface area contributed by atoms with Crippen LogP contribution in [0, 0.1) is 5.41 Å². The van der Waals surface area contributed by atoms with E-state index in [1.165, 1.54) is 0 Å². The molecule has 1 aromatic rings. The van der Waals surface area contributed by atoms with Crippen molar-refractivity contribution >= 4 is 17.9 Å². The first-order chi connectivity index (χ1) is 10.0. The van der Waals surface area contributed by atoms with Gasteiger partial charge in [0.15, 0.2) is 0 Å². The number of amides is 1. The molecule has 0 aliphatic carbocycles. The number of ether oxygens (including phenoxy) is 3. The highest BCUT2D eigenvalue weighted by molar-refractivity contribution is 5.87. The van der Waals surface area contributed by atoms with Gasteiger partial charge in [-0.1, -0.05) is 18.2 Å². The fourth-order valence-electron chi connectivity index (χ4n) is 1.97. The lowest BCUT2D eigenvalue weighted by molar-refractivity contribution is -0.0727. The third-order valence-electron chi connectivity index (χ3n) is 3.23. The number of benzene rings is 1. The van der Waals surface area contributed by atoms with Gasteiger partial charge in [-0.2, -0.15) is 0 Å². The van der Waals surface area contributed by atoms with Gasteiger partial charge in [-0.05, 0) is 26.0 Å². The fraction of sp³-hybridized carbons (Fsp3) is 0.467. The fourth-order valence-corrected chi connectivity index (χ4v) is 1.97. The summed E-state index contributed by atoms with van der Waals surface area (Å²) < 4.78 is 15.0. The molecule has 0 radical (unpaired) electrons. The van der Waals surface area contributed by atoms with Gasteiger partial charge in [0.05, 0.1) is 5.41 Å². The summed E-state index contributed by atoms with van der Waals surface area (Å²) in [5, 5.41) is 0. The SMILES string of the molecule is CCN(C(=O)OCC1(C)COC(=O)OC1)c1ccccc1. The predicted molar refractivity (Wildman–Crippen MR) is 76.2 cm³/mol. The maximum atomic E-state index is 12.2. The molecule has 21 heavy (non-hydrogen) atoms. The van der Waals surface area contributed by atoms with E-state index < -0.39 is 17.7 Å². The summed E-state index contributed by atoms with van der Waals surface area (Å²) in [4.78, 5) is 24.6. The zero-order valence-electron chi connectivity index (χ0n) is 12.2. The Hall–Kier alpha value is -2.24. The first-order valence-electron chi connectivity index (χ1n) is 6.83. The minimum absolute atomic E-state index is 0.127. The van der Waals surface area contributed by atoms with E-state index in [0.717, 1.165) is 5.69 Å². The van der Waals surface area contributed by atoms with Crippen LogP contribution in [0.3, 0.4) is 0 Å². The van der Waals surface area contributed by atoms with E-state index in [-0.39, 0.29) is 19.8 Å². The van der Waals surface area contributed by atoms with Gasteiger partial charge >= 0.3 is 12.2 Å². The molecule has 0 N–H and O–H groups in total. The van der Waals surface area contributed by atoms with Crippen LogP contribution in [0.4, 0.5) is 15.3 Å². The molecule has 1 aliphatic heterocycles. The summed E-state index contributed by atoms with van der Waals surface area (Å²) in [6, 6.07) is 9.30. The Labute approximate surface area is 123 Å². The summed E-state index contributed by atoms with van der Waals surface area (Å²) in [5.74, 6) is 0. The van der Waals surface area contributed by atoms with E-state index in [2.05, 4.69) is 0 Å². The molecule has 0 atom stereocenters. The molecule has 0 saturated carbocycles. The topological polar surface area (TPSA) is 65.1 Å². The highest BCUT2D eigenvalue weighted by Crippen LogP contribution is 2.23. The molecular weight excluding hydrogens is 274 g/mol. The van der Waals surface area contributed by atoms with Crippen molar-refractivity contribution in [1.82, 2.24) is 0 Å². The van der Waals surface area contributed by atoms with Crippen molar-refractivity contribution in [2.24, 2.45) is 5.41 Å². The van der Waals surface area contributed by atoms with E-state index in [1.807, 2.05) is 44.2 Å². The van der Waals surface area contributed by atoms with Gasteiger partial charge in [0.2, 0.25) is 0 Å². The van der Waals surface area contributed by atoms with Crippen molar-refractivity contribution in [3.8, 4) is 0 Å². The van der Waals surface area contributed by atoms with Crippen LogP contribution in [0.1, 0.15) is 13.8 Å². The molecule has 114 valence electrons. The van der Waals surface area contributed by atoms with Crippen molar-refractivity contribution in [3.63, 3.8) is 0 Å². The van der Waals surface area contributed by atoms with Gasteiger partial charge in [0, 0.05) is 12.2 Å². The highest BCUT2D eigenvalue weighted by atomic mass is 16.7. The van der Waals surface area contributed by atoms with Gasteiger partial charge in [-0.3, -0.25) is 4.90 Å². The van der Waals surface area contributed by atoms with Crippen LogP contribution in [0.5, 0.6) is 0 Å². The van der Waals surface area contributed by atoms with Crippen molar-refractivity contribution < 1.29 is 23.8 Å². The van der Waals surface area contributed by atoms with Crippen LogP contribution in [0.2, 0.25) is 0 Å². The number of hydrogen-bond acceptors (Lipinski definition) is 5. The van der Waals surface area contributed by atoms with E-state index in [1.54, 1.807) is 4.90 Å². The Kier molecular flexibility index (Phi) is 4.67. The zero-order chi connectivity index (χ0) is 15.3. The number of carbonyl (C=O) groups is 2. The Balaban J connectivity index is 1.93. The second-order valence-corrected chi connectivity index (χ2v) is 5.27. The Bertz CT molecular complexity index is 492. The van der Waals surface area contributed by atoms with Gasteiger partial charge in [-0.25, -0.2) is 9.59 Å². The maximum Gasteiger partial charge on any atom is 0.508 e. The normalized spacial score (nSPS) is 16.6. The zero-order valence-corrected chi connectivity index (χ0v) is 12.2. The van der Waals surface area contributed by atoms with Gasteiger partial charge in [0.25, 0.3) is 0 Å². The number of hydrogen-bond donors (Lipinski definition) is 0. The summed E-state index contributed by atoms with van der Waals surface area (Å²) >= 11 is 0. The van der Waals surface area contributed by atoms with Crippen LogP contribution in [0.25, 0.3) is 0 Å². The third kappa shape index (κ3) is 3.87.